The number of aromatic amines is 2. The first kappa shape index (κ1) is 18.0. The van der Waals surface area contributed by atoms with Crippen LogP contribution in [-0.2, 0) is 6.42 Å². The molecule has 28 heavy (non-hydrogen) atoms. The zero-order chi connectivity index (χ0) is 19.9. The van der Waals surface area contributed by atoms with Crippen molar-refractivity contribution < 1.29 is 9.53 Å². The van der Waals surface area contributed by atoms with Gasteiger partial charge in [0.1, 0.15) is 5.69 Å². The quantitative estimate of drug-likeness (QED) is 0.500. The molecule has 0 bridgehead atoms. The van der Waals surface area contributed by atoms with Crippen molar-refractivity contribution in [3.8, 4) is 17.1 Å². The summed E-state index contributed by atoms with van der Waals surface area (Å²) in [4.78, 5) is 24.2. The van der Waals surface area contributed by atoms with Gasteiger partial charge in [0.25, 0.3) is 0 Å². The SMILES string of the molecule is CCc1cccc2c(-c3cnc4[nH]cc(OC(=O)NC(C)(C)C)c4n3)[nH]nc12. The molecule has 0 spiro atoms. The Morgan fingerprint density at radius 1 is 1.25 bits per heavy atom. The molecule has 0 atom stereocenters. The monoisotopic (exact) mass is 378 g/mol. The van der Waals surface area contributed by atoms with E-state index >= 15 is 0 Å². The van der Waals surface area contributed by atoms with E-state index in [1.165, 1.54) is 5.56 Å². The van der Waals surface area contributed by atoms with Crippen molar-refractivity contribution >= 4 is 28.2 Å². The summed E-state index contributed by atoms with van der Waals surface area (Å²) in [6, 6.07) is 6.08. The molecule has 0 unspecified atom stereocenters. The second-order valence-electron chi connectivity index (χ2n) is 7.64. The molecule has 1 aromatic carbocycles. The summed E-state index contributed by atoms with van der Waals surface area (Å²) in [5, 5.41) is 11.3. The summed E-state index contributed by atoms with van der Waals surface area (Å²) in [5.41, 5.74) is 4.13. The summed E-state index contributed by atoms with van der Waals surface area (Å²) in [7, 11) is 0. The number of benzene rings is 1. The number of amides is 1. The van der Waals surface area contributed by atoms with Crippen LogP contribution in [0.15, 0.2) is 30.6 Å². The van der Waals surface area contributed by atoms with Crippen LogP contribution in [0.2, 0.25) is 0 Å². The van der Waals surface area contributed by atoms with E-state index in [0.717, 1.165) is 23.0 Å². The Labute approximate surface area is 161 Å². The highest BCUT2D eigenvalue weighted by Crippen LogP contribution is 2.30. The number of hydrogen-bond acceptors (Lipinski definition) is 5. The fourth-order valence-electron chi connectivity index (χ4n) is 3.08. The first-order valence-electron chi connectivity index (χ1n) is 9.16. The number of carbonyl (C=O) groups excluding carboxylic acids is 1. The Kier molecular flexibility index (Phi) is 4.26. The zero-order valence-electron chi connectivity index (χ0n) is 16.3. The Bertz CT molecular complexity index is 1170. The molecule has 0 fully saturated rings. The number of H-pyrrole nitrogens is 2. The number of rotatable bonds is 3. The normalized spacial score (nSPS) is 11.9. The van der Waals surface area contributed by atoms with Crippen LogP contribution in [0, 0.1) is 0 Å². The van der Waals surface area contributed by atoms with Gasteiger partial charge in [-0.25, -0.2) is 14.8 Å². The minimum absolute atomic E-state index is 0.323. The fourth-order valence-corrected chi connectivity index (χ4v) is 3.08. The van der Waals surface area contributed by atoms with Crippen LogP contribution in [0.1, 0.15) is 33.3 Å². The lowest BCUT2D eigenvalue weighted by atomic mass is 10.1. The van der Waals surface area contributed by atoms with Gasteiger partial charge in [0, 0.05) is 17.1 Å². The van der Waals surface area contributed by atoms with Crippen molar-refractivity contribution in [2.75, 3.05) is 0 Å². The van der Waals surface area contributed by atoms with Crippen LogP contribution in [0.3, 0.4) is 0 Å². The van der Waals surface area contributed by atoms with Gasteiger partial charge in [-0.3, -0.25) is 5.10 Å². The minimum atomic E-state index is -0.541. The second-order valence-corrected chi connectivity index (χ2v) is 7.64. The van der Waals surface area contributed by atoms with Gasteiger partial charge in [0.05, 0.1) is 17.4 Å². The molecule has 4 rings (SSSR count). The maximum atomic E-state index is 12.1. The summed E-state index contributed by atoms with van der Waals surface area (Å²) in [6.07, 6.45) is 3.60. The highest BCUT2D eigenvalue weighted by molar-refractivity contribution is 5.94. The number of ether oxygens (including phenoxy) is 1. The maximum absolute atomic E-state index is 12.1. The number of carbonyl (C=O) groups is 1. The van der Waals surface area contributed by atoms with Crippen LogP contribution >= 0.6 is 0 Å². The van der Waals surface area contributed by atoms with E-state index in [2.05, 4.69) is 43.5 Å². The Morgan fingerprint density at radius 2 is 2.07 bits per heavy atom. The van der Waals surface area contributed by atoms with Gasteiger partial charge in [-0.2, -0.15) is 5.10 Å². The lowest BCUT2D eigenvalue weighted by Gasteiger charge is -2.19. The average molecular weight is 378 g/mol. The number of nitrogens with one attached hydrogen (secondary N) is 3. The molecular weight excluding hydrogens is 356 g/mol. The molecule has 8 heteroatoms. The van der Waals surface area contributed by atoms with Gasteiger partial charge < -0.3 is 15.0 Å². The van der Waals surface area contributed by atoms with E-state index in [9.17, 15) is 4.79 Å². The molecule has 0 saturated carbocycles. The molecule has 0 aliphatic rings. The smallest absolute Gasteiger partial charge is 0.406 e. The van der Waals surface area contributed by atoms with Gasteiger partial charge in [-0.05, 0) is 32.8 Å². The molecule has 144 valence electrons. The summed E-state index contributed by atoms with van der Waals surface area (Å²) >= 11 is 0. The molecule has 0 aliphatic carbocycles. The van der Waals surface area contributed by atoms with Crippen LogP contribution in [-0.4, -0.2) is 36.8 Å². The van der Waals surface area contributed by atoms with Crippen molar-refractivity contribution in [2.24, 2.45) is 0 Å². The third-order valence-electron chi connectivity index (χ3n) is 4.33. The molecule has 3 aromatic heterocycles. The first-order valence-corrected chi connectivity index (χ1v) is 9.16. The largest absolute Gasteiger partial charge is 0.413 e. The van der Waals surface area contributed by atoms with Gasteiger partial charge in [-0.15, -0.1) is 0 Å². The van der Waals surface area contributed by atoms with Gasteiger partial charge in [-0.1, -0.05) is 25.1 Å². The van der Waals surface area contributed by atoms with E-state index in [4.69, 9.17) is 4.74 Å². The third-order valence-corrected chi connectivity index (χ3v) is 4.33. The van der Waals surface area contributed by atoms with E-state index < -0.39 is 11.6 Å². The summed E-state index contributed by atoms with van der Waals surface area (Å²) in [5.74, 6) is 0.323. The number of hydrogen-bond donors (Lipinski definition) is 3. The summed E-state index contributed by atoms with van der Waals surface area (Å²) < 4.78 is 5.43. The van der Waals surface area contributed by atoms with Crippen LogP contribution in [0.5, 0.6) is 5.75 Å². The molecule has 3 N–H and O–H groups in total. The lowest BCUT2D eigenvalue weighted by molar-refractivity contribution is 0.191. The molecule has 0 saturated heterocycles. The van der Waals surface area contributed by atoms with Crippen molar-refractivity contribution in [3.05, 3.63) is 36.2 Å². The zero-order valence-corrected chi connectivity index (χ0v) is 16.3. The maximum Gasteiger partial charge on any atom is 0.413 e. The Balaban J connectivity index is 1.73. The minimum Gasteiger partial charge on any atom is -0.406 e. The molecule has 8 nitrogen and oxygen atoms in total. The molecular formula is C20H22N6O2. The summed E-state index contributed by atoms with van der Waals surface area (Å²) in [6.45, 7) is 7.75. The van der Waals surface area contributed by atoms with E-state index in [0.29, 0.717) is 22.6 Å². The predicted octanol–water partition coefficient (Wildman–Crippen LogP) is 3.95. The van der Waals surface area contributed by atoms with Crippen LogP contribution in [0.25, 0.3) is 33.5 Å². The first-order chi connectivity index (χ1) is 13.4. The Morgan fingerprint density at radius 3 is 2.82 bits per heavy atom. The standard InChI is InChI=1S/C20H22N6O2/c1-5-11-7-6-8-12-15(11)25-26-16(12)13-9-21-18-17(23-13)14(10-22-18)28-19(27)24-20(2,3)4/h6-10H,5H2,1-4H3,(H,21,22)(H,24,27)(H,25,26). The van der Waals surface area contributed by atoms with Crippen molar-refractivity contribution in [1.82, 2.24) is 30.5 Å². The number of nitrogens with zero attached hydrogens (tertiary/aromatic N) is 3. The van der Waals surface area contributed by atoms with Gasteiger partial charge >= 0.3 is 6.09 Å². The highest BCUT2D eigenvalue weighted by atomic mass is 16.6. The number of fused-ring (bicyclic) bond motifs is 2. The molecule has 0 radical (unpaired) electrons. The second kappa shape index (κ2) is 6.63. The Hall–Kier alpha value is -3.42. The molecule has 3 heterocycles. The molecule has 0 aliphatic heterocycles. The third kappa shape index (κ3) is 3.28. The lowest BCUT2D eigenvalue weighted by Crippen LogP contribution is -2.42. The molecule has 4 aromatic rings. The number of para-hydroxylation sites is 1. The van der Waals surface area contributed by atoms with Crippen molar-refractivity contribution in [2.45, 2.75) is 39.7 Å². The number of aromatic nitrogens is 5. The van der Waals surface area contributed by atoms with Crippen LogP contribution < -0.4 is 10.1 Å². The van der Waals surface area contributed by atoms with Crippen molar-refractivity contribution in [1.29, 1.82) is 0 Å². The van der Waals surface area contributed by atoms with Crippen LogP contribution in [0.4, 0.5) is 4.79 Å². The predicted molar refractivity (Wildman–Crippen MR) is 107 cm³/mol. The van der Waals surface area contributed by atoms with E-state index in [1.54, 1.807) is 12.4 Å². The van der Waals surface area contributed by atoms with E-state index in [-0.39, 0.29) is 0 Å². The van der Waals surface area contributed by atoms with Crippen molar-refractivity contribution in [3.63, 3.8) is 0 Å². The molecule has 1 amide bonds. The topological polar surface area (TPSA) is 109 Å². The van der Waals surface area contributed by atoms with Gasteiger partial charge in [0.2, 0.25) is 0 Å². The highest BCUT2D eigenvalue weighted by Gasteiger charge is 2.19. The van der Waals surface area contributed by atoms with E-state index in [1.807, 2.05) is 32.9 Å². The average Bonchev–Trinajstić information content (AvgIpc) is 3.24. The van der Waals surface area contributed by atoms with Gasteiger partial charge in [0.15, 0.2) is 16.9 Å². The number of aryl methyl sites for hydroxylation is 1. The fraction of sp³-hybridized carbons (Fsp3) is 0.300.